The number of nitrogens with one attached hydrogen (secondary N) is 1. The number of hydrogen-bond donors (Lipinski definition) is 1. The van der Waals surface area contributed by atoms with Gasteiger partial charge in [-0.3, -0.25) is 14.7 Å². The van der Waals surface area contributed by atoms with E-state index >= 15 is 0 Å². The van der Waals surface area contributed by atoms with Gasteiger partial charge in [0.25, 0.3) is 5.91 Å². The van der Waals surface area contributed by atoms with Gasteiger partial charge in [0.15, 0.2) is 0 Å². The number of likely N-dealkylation sites (N-methyl/N-ethyl adjacent to an activating group) is 1. The maximum atomic E-state index is 13.5. The van der Waals surface area contributed by atoms with Crippen molar-refractivity contribution < 1.29 is 14.3 Å². The lowest BCUT2D eigenvalue weighted by Gasteiger charge is -2.40. The van der Waals surface area contributed by atoms with Crippen molar-refractivity contribution >= 4 is 11.6 Å². The van der Waals surface area contributed by atoms with E-state index in [4.69, 9.17) is 9.47 Å². The first-order valence-electron chi connectivity index (χ1n) is 11.0. The molecule has 1 amide bonds. The van der Waals surface area contributed by atoms with Crippen molar-refractivity contribution in [2.24, 2.45) is 0 Å². The van der Waals surface area contributed by atoms with Crippen LogP contribution in [0.15, 0.2) is 67.0 Å². The standard InChI is InChI=1S/C26H30N4O3/c1-29-14-15-30(18-23(29)21-6-4-5-7-24(21)32-2)26(31)20-8-9-25(33-3)22(16-20)28-17-19-10-12-27-13-11-19/h4-13,16,23,28H,14-15,17-18H2,1-3H3. The van der Waals surface area contributed by atoms with Crippen molar-refractivity contribution in [3.8, 4) is 11.5 Å². The molecule has 7 heteroatoms. The first kappa shape index (κ1) is 22.6. The Morgan fingerprint density at radius 1 is 1.03 bits per heavy atom. The Morgan fingerprint density at radius 2 is 1.79 bits per heavy atom. The number of para-hydroxylation sites is 1. The van der Waals surface area contributed by atoms with E-state index in [2.05, 4.69) is 28.3 Å². The normalized spacial score (nSPS) is 16.3. The highest BCUT2D eigenvalue weighted by atomic mass is 16.5. The van der Waals surface area contributed by atoms with Gasteiger partial charge in [0.05, 0.1) is 25.9 Å². The Morgan fingerprint density at radius 3 is 2.55 bits per heavy atom. The van der Waals surface area contributed by atoms with E-state index < -0.39 is 0 Å². The number of nitrogens with zero attached hydrogens (tertiary/aromatic N) is 3. The summed E-state index contributed by atoms with van der Waals surface area (Å²) in [5.41, 5.74) is 3.61. The fourth-order valence-corrected chi connectivity index (χ4v) is 4.20. The monoisotopic (exact) mass is 446 g/mol. The average molecular weight is 447 g/mol. The Labute approximate surface area is 195 Å². The van der Waals surface area contributed by atoms with Gasteiger partial charge in [0.1, 0.15) is 11.5 Å². The predicted molar refractivity (Wildman–Crippen MR) is 129 cm³/mol. The molecule has 2 heterocycles. The number of rotatable bonds is 7. The molecule has 4 rings (SSSR count). The second kappa shape index (κ2) is 10.4. The number of hydrogen-bond acceptors (Lipinski definition) is 6. The van der Waals surface area contributed by atoms with Crippen molar-refractivity contribution in [1.29, 1.82) is 0 Å². The molecule has 1 aromatic heterocycles. The van der Waals surface area contributed by atoms with Gasteiger partial charge in [0.2, 0.25) is 0 Å². The van der Waals surface area contributed by atoms with E-state index in [9.17, 15) is 4.79 Å². The molecule has 33 heavy (non-hydrogen) atoms. The van der Waals surface area contributed by atoms with Crippen molar-refractivity contribution in [2.75, 3.05) is 46.2 Å². The van der Waals surface area contributed by atoms with E-state index in [0.29, 0.717) is 30.9 Å². The summed E-state index contributed by atoms with van der Waals surface area (Å²) in [6, 6.07) is 17.5. The number of pyridine rings is 1. The third kappa shape index (κ3) is 5.09. The maximum Gasteiger partial charge on any atom is 0.254 e. The molecule has 0 radical (unpaired) electrons. The summed E-state index contributed by atoms with van der Waals surface area (Å²) < 4.78 is 11.1. The number of amides is 1. The number of piperazine rings is 1. The van der Waals surface area contributed by atoms with E-state index in [-0.39, 0.29) is 11.9 Å². The molecule has 7 nitrogen and oxygen atoms in total. The van der Waals surface area contributed by atoms with E-state index in [1.165, 1.54) is 0 Å². The number of carbonyl (C=O) groups is 1. The molecule has 1 aliphatic rings. The smallest absolute Gasteiger partial charge is 0.254 e. The second-order valence-electron chi connectivity index (χ2n) is 8.11. The Balaban J connectivity index is 1.53. The van der Waals surface area contributed by atoms with Gasteiger partial charge < -0.3 is 19.7 Å². The largest absolute Gasteiger partial charge is 0.496 e. The summed E-state index contributed by atoms with van der Waals surface area (Å²) >= 11 is 0. The van der Waals surface area contributed by atoms with E-state index in [0.717, 1.165) is 29.1 Å². The summed E-state index contributed by atoms with van der Waals surface area (Å²) in [6.45, 7) is 2.67. The number of carbonyl (C=O) groups excluding carboxylic acids is 1. The van der Waals surface area contributed by atoms with Gasteiger partial charge in [-0.25, -0.2) is 0 Å². The van der Waals surface area contributed by atoms with Crippen LogP contribution in [0.2, 0.25) is 0 Å². The molecule has 3 aromatic rings. The van der Waals surface area contributed by atoms with Crippen LogP contribution >= 0.6 is 0 Å². The van der Waals surface area contributed by atoms with Gasteiger partial charge in [-0.2, -0.15) is 0 Å². The number of benzene rings is 2. The fourth-order valence-electron chi connectivity index (χ4n) is 4.20. The van der Waals surface area contributed by atoms with Crippen LogP contribution in [-0.2, 0) is 6.54 Å². The third-order valence-electron chi connectivity index (χ3n) is 6.11. The van der Waals surface area contributed by atoms with E-state index in [1.54, 1.807) is 26.6 Å². The first-order chi connectivity index (χ1) is 16.1. The highest BCUT2D eigenvalue weighted by Crippen LogP contribution is 2.32. The van der Waals surface area contributed by atoms with Crippen LogP contribution in [0, 0.1) is 0 Å². The number of anilines is 1. The van der Waals surface area contributed by atoms with Crippen LogP contribution in [0.25, 0.3) is 0 Å². The zero-order chi connectivity index (χ0) is 23.2. The highest BCUT2D eigenvalue weighted by Gasteiger charge is 2.30. The molecule has 0 spiro atoms. The molecular formula is C26H30N4O3. The zero-order valence-electron chi connectivity index (χ0n) is 19.3. The Kier molecular flexibility index (Phi) is 7.10. The second-order valence-corrected chi connectivity index (χ2v) is 8.11. The summed E-state index contributed by atoms with van der Waals surface area (Å²) in [6.07, 6.45) is 3.53. The first-order valence-corrected chi connectivity index (χ1v) is 11.0. The highest BCUT2D eigenvalue weighted by molar-refractivity contribution is 5.95. The van der Waals surface area contributed by atoms with Crippen LogP contribution < -0.4 is 14.8 Å². The van der Waals surface area contributed by atoms with Crippen LogP contribution in [0.3, 0.4) is 0 Å². The lowest BCUT2D eigenvalue weighted by atomic mass is 10.0. The molecule has 1 N–H and O–H groups in total. The van der Waals surface area contributed by atoms with Gasteiger partial charge in [-0.1, -0.05) is 18.2 Å². The average Bonchev–Trinajstić information content (AvgIpc) is 2.87. The number of methoxy groups -OCH3 is 2. The van der Waals surface area contributed by atoms with Gasteiger partial charge in [-0.05, 0) is 49.0 Å². The molecule has 2 aromatic carbocycles. The van der Waals surface area contributed by atoms with Crippen molar-refractivity contribution in [2.45, 2.75) is 12.6 Å². The minimum Gasteiger partial charge on any atom is -0.496 e. The Hall–Kier alpha value is -3.58. The predicted octanol–water partition coefficient (Wildman–Crippen LogP) is 3.84. The molecule has 172 valence electrons. The van der Waals surface area contributed by atoms with Crippen LogP contribution in [-0.4, -0.2) is 61.6 Å². The Bertz CT molecular complexity index is 1090. The summed E-state index contributed by atoms with van der Waals surface area (Å²) in [5.74, 6) is 1.55. The summed E-state index contributed by atoms with van der Waals surface area (Å²) in [5, 5.41) is 3.39. The van der Waals surface area contributed by atoms with Gasteiger partial charge in [0, 0.05) is 49.7 Å². The molecule has 1 aliphatic heterocycles. The van der Waals surface area contributed by atoms with Gasteiger partial charge >= 0.3 is 0 Å². The minimum atomic E-state index is 0.0117. The topological polar surface area (TPSA) is 66.9 Å². The zero-order valence-corrected chi connectivity index (χ0v) is 19.3. The fraction of sp³-hybridized carbons (Fsp3) is 0.308. The SMILES string of the molecule is COc1ccc(C(=O)N2CCN(C)C(c3ccccc3OC)C2)cc1NCc1ccncc1. The quantitative estimate of drug-likeness (QED) is 0.595. The molecule has 0 saturated carbocycles. The molecule has 0 aliphatic carbocycles. The van der Waals surface area contributed by atoms with E-state index in [1.807, 2.05) is 53.4 Å². The molecule has 1 unspecified atom stereocenters. The summed E-state index contributed by atoms with van der Waals surface area (Å²) in [7, 11) is 5.41. The maximum absolute atomic E-state index is 13.5. The summed E-state index contributed by atoms with van der Waals surface area (Å²) in [4.78, 5) is 21.7. The molecule has 1 atom stereocenters. The van der Waals surface area contributed by atoms with Crippen LogP contribution in [0.4, 0.5) is 5.69 Å². The van der Waals surface area contributed by atoms with Crippen LogP contribution in [0.1, 0.15) is 27.5 Å². The number of ether oxygens (including phenoxy) is 2. The number of aromatic nitrogens is 1. The molecule has 1 saturated heterocycles. The van der Waals surface area contributed by atoms with Crippen molar-refractivity contribution in [1.82, 2.24) is 14.8 Å². The lowest BCUT2D eigenvalue weighted by Crippen LogP contribution is -2.49. The van der Waals surface area contributed by atoms with Gasteiger partial charge in [-0.15, -0.1) is 0 Å². The third-order valence-corrected chi connectivity index (χ3v) is 6.11. The minimum absolute atomic E-state index is 0.0117. The molecule has 1 fully saturated rings. The molecular weight excluding hydrogens is 416 g/mol. The van der Waals surface area contributed by atoms with Crippen LogP contribution in [0.5, 0.6) is 11.5 Å². The van der Waals surface area contributed by atoms with Crippen molar-refractivity contribution in [3.63, 3.8) is 0 Å². The molecule has 0 bridgehead atoms. The lowest BCUT2D eigenvalue weighted by molar-refractivity contribution is 0.0542. The van der Waals surface area contributed by atoms with Crippen molar-refractivity contribution in [3.05, 3.63) is 83.7 Å².